The number of Topliss-reactive ketones (excluding diaryl/α,β-unsaturated/α-hetero) is 2. The van der Waals surface area contributed by atoms with E-state index in [2.05, 4.69) is 0 Å². The number of rotatable bonds is 7. The van der Waals surface area contributed by atoms with Gasteiger partial charge in [-0.3, -0.25) is 19.3 Å². The Hall–Kier alpha value is -3.68. The van der Waals surface area contributed by atoms with Crippen molar-refractivity contribution in [2.45, 2.75) is 36.3 Å². The molecule has 0 radical (unpaired) electrons. The number of nitrogens with zero attached hydrogens (tertiary/aromatic N) is 1. The van der Waals surface area contributed by atoms with E-state index in [1.807, 2.05) is 6.07 Å². The number of carbonyl (C=O) groups is 3. The minimum absolute atomic E-state index is 0.112. The lowest BCUT2D eigenvalue weighted by Crippen LogP contribution is -2.69. The third kappa shape index (κ3) is 4.33. The molecule has 5 unspecified atom stereocenters. The van der Waals surface area contributed by atoms with E-state index in [0.29, 0.717) is 0 Å². The van der Waals surface area contributed by atoms with Crippen LogP contribution in [0.25, 0.3) is 0 Å². The maximum Gasteiger partial charge on any atom is 0.255 e. The van der Waals surface area contributed by atoms with E-state index in [9.17, 15) is 44.5 Å². The van der Waals surface area contributed by atoms with Crippen LogP contribution >= 0.6 is 0 Å². The first kappa shape index (κ1) is 29.8. The number of aliphatic hydroxyl groups is 4. The highest BCUT2D eigenvalue weighted by molar-refractivity contribution is 7.90. The second-order valence-electron chi connectivity index (χ2n) is 11.0. The highest BCUT2D eigenvalue weighted by Crippen LogP contribution is 2.56. The largest absolute Gasteiger partial charge is 0.616 e. The van der Waals surface area contributed by atoms with E-state index in [1.54, 1.807) is 37.3 Å². The van der Waals surface area contributed by atoms with Gasteiger partial charge in [0.2, 0.25) is 5.78 Å². The second-order valence-corrected chi connectivity index (χ2v) is 12.5. The van der Waals surface area contributed by atoms with Gasteiger partial charge in [-0.25, -0.2) is 0 Å². The molecule has 1 amide bonds. The van der Waals surface area contributed by atoms with Crippen LogP contribution in [-0.4, -0.2) is 89.6 Å². The van der Waals surface area contributed by atoms with Crippen molar-refractivity contribution < 1.29 is 44.5 Å². The van der Waals surface area contributed by atoms with Gasteiger partial charge in [-0.1, -0.05) is 49.4 Å². The van der Waals surface area contributed by atoms with Crippen LogP contribution in [0.4, 0.5) is 0 Å². The molecule has 42 heavy (non-hydrogen) atoms. The maximum atomic E-state index is 13.9. The van der Waals surface area contributed by atoms with Gasteiger partial charge in [0.1, 0.15) is 34.3 Å². The molecule has 3 aliphatic rings. The summed E-state index contributed by atoms with van der Waals surface area (Å²) in [6.45, 7) is 1.91. The van der Waals surface area contributed by atoms with Crippen molar-refractivity contribution in [2.24, 2.45) is 17.6 Å². The number of aromatic hydroxyl groups is 1. The standard InChI is InChI=1S/C30H32N2O9S/c1-3-32(2)23-22-25(35)19-16(13-42(41)12-14-8-5-4-6-9-14)15-10-7-11-17(33)18(15)24(34)20(19)27(37)30(22,40)28(38)21(26(23)36)29(31)39/h4-11,16,19,22-23,25,33,35-37,40H,3,12-13H2,1-2H3,(H2,31,39)/t16?,19?,22?,23-,25?,30-,42?/m0/s1. The zero-order valence-corrected chi connectivity index (χ0v) is 23.7. The molecule has 0 heterocycles. The molecule has 0 saturated heterocycles. The van der Waals surface area contributed by atoms with Gasteiger partial charge in [-0.15, -0.1) is 0 Å². The molecule has 3 aliphatic carbocycles. The predicted octanol–water partition coefficient (Wildman–Crippen LogP) is 0.972. The van der Waals surface area contributed by atoms with Crippen LogP contribution in [-0.2, 0) is 26.5 Å². The molecule has 7 N–H and O–H groups in total. The molecule has 2 aromatic carbocycles. The monoisotopic (exact) mass is 596 g/mol. The highest BCUT2D eigenvalue weighted by Gasteiger charge is 2.68. The zero-order valence-electron chi connectivity index (χ0n) is 22.9. The lowest BCUT2D eigenvalue weighted by atomic mass is 9.55. The number of nitrogens with two attached hydrogens (primary N) is 1. The fourth-order valence-electron chi connectivity index (χ4n) is 6.73. The van der Waals surface area contributed by atoms with Gasteiger partial charge in [0, 0.05) is 23.0 Å². The molecule has 0 spiro atoms. The van der Waals surface area contributed by atoms with Crippen molar-refractivity contribution in [3.05, 3.63) is 87.9 Å². The van der Waals surface area contributed by atoms with Crippen LogP contribution in [0, 0.1) is 11.8 Å². The number of fused-ring (bicyclic) bond motifs is 3. The van der Waals surface area contributed by atoms with Crippen LogP contribution in [0.3, 0.4) is 0 Å². The Morgan fingerprint density at radius 3 is 2.38 bits per heavy atom. The van der Waals surface area contributed by atoms with Crippen molar-refractivity contribution in [1.29, 1.82) is 0 Å². The summed E-state index contributed by atoms with van der Waals surface area (Å²) in [5.41, 5.74) is 1.74. The minimum atomic E-state index is -3.01. The number of hydrogen-bond donors (Lipinski definition) is 6. The molecule has 0 saturated carbocycles. The number of benzene rings is 2. The molecule has 12 heteroatoms. The van der Waals surface area contributed by atoms with Gasteiger partial charge in [0.05, 0.1) is 23.6 Å². The van der Waals surface area contributed by atoms with Gasteiger partial charge in [-0.2, -0.15) is 0 Å². The summed E-state index contributed by atoms with van der Waals surface area (Å²) in [5.74, 6) is -9.90. The van der Waals surface area contributed by atoms with Gasteiger partial charge >= 0.3 is 0 Å². The minimum Gasteiger partial charge on any atom is -0.616 e. The van der Waals surface area contributed by atoms with E-state index in [0.717, 1.165) is 5.56 Å². The molecular formula is C30H32N2O9S. The van der Waals surface area contributed by atoms with Crippen molar-refractivity contribution in [1.82, 2.24) is 4.90 Å². The number of phenols is 1. The normalized spacial score (nSPS) is 29.7. The highest BCUT2D eigenvalue weighted by atomic mass is 32.2. The zero-order chi connectivity index (χ0) is 30.7. The van der Waals surface area contributed by atoms with E-state index < -0.39 is 92.6 Å². The lowest BCUT2D eigenvalue weighted by molar-refractivity contribution is -0.162. The molecule has 0 fully saturated rings. The predicted molar refractivity (Wildman–Crippen MR) is 152 cm³/mol. The van der Waals surface area contributed by atoms with E-state index in [-0.39, 0.29) is 29.2 Å². The molecule has 0 aromatic heterocycles. The summed E-state index contributed by atoms with van der Waals surface area (Å²) >= 11 is -1.57. The first-order chi connectivity index (χ1) is 19.9. The summed E-state index contributed by atoms with van der Waals surface area (Å²) in [6, 6.07) is 12.0. The molecule has 0 aliphatic heterocycles. The summed E-state index contributed by atoms with van der Waals surface area (Å²) in [5, 5.41) is 57.3. The Labute approximate surface area is 244 Å². The number of likely N-dealkylation sites (N-methyl/N-ethyl adjacent to an activating group) is 1. The Balaban J connectivity index is 1.72. The number of carbonyl (C=O) groups excluding carboxylic acids is 3. The quantitative estimate of drug-likeness (QED) is 0.197. The Morgan fingerprint density at radius 2 is 1.76 bits per heavy atom. The molecular weight excluding hydrogens is 564 g/mol. The van der Waals surface area contributed by atoms with Crippen LogP contribution in [0.5, 0.6) is 5.75 Å². The van der Waals surface area contributed by atoms with Crippen LogP contribution < -0.4 is 5.73 Å². The molecule has 2 aromatic rings. The first-order valence-electron chi connectivity index (χ1n) is 13.4. The average Bonchev–Trinajstić information content (AvgIpc) is 2.94. The fraction of sp³-hybridized carbons (Fsp3) is 0.367. The van der Waals surface area contributed by atoms with Crippen LogP contribution in [0.15, 0.2) is 71.2 Å². The number of amides is 1. The number of phenolic OH excluding ortho intramolecular Hbond substituents is 1. The summed E-state index contributed by atoms with van der Waals surface area (Å²) in [4.78, 5) is 41.2. The fourth-order valence-corrected chi connectivity index (χ4v) is 8.20. The molecule has 222 valence electrons. The topological polar surface area (TPSA) is 205 Å². The maximum absolute atomic E-state index is 13.9. The molecule has 7 atom stereocenters. The number of ketones is 2. The smallest absolute Gasteiger partial charge is 0.255 e. The summed E-state index contributed by atoms with van der Waals surface area (Å²) in [7, 11) is 1.52. The van der Waals surface area contributed by atoms with Gasteiger partial charge in [0.25, 0.3) is 5.91 Å². The Morgan fingerprint density at radius 1 is 1.10 bits per heavy atom. The Kier molecular flexibility index (Phi) is 7.71. The molecule has 11 nitrogen and oxygen atoms in total. The van der Waals surface area contributed by atoms with E-state index in [4.69, 9.17) is 5.73 Å². The summed E-state index contributed by atoms with van der Waals surface area (Å²) in [6.07, 6.45) is -1.77. The third-order valence-electron chi connectivity index (χ3n) is 8.75. The first-order valence-corrected chi connectivity index (χ1v) is 14.9. The summed E-state index contributed by atoms with van der Waals surface area (Å²) < 4.78 is 13.5. The third-order valence-corrected chi connectivity index (χ3v) is 10.1. The molecule has 5 rings (SSSR count). The Bertz CT molecular complexity index is 1520. The van der Waals surface area contributed by atoms with Crippen molar-refractivity contribution >= 4 is 28.6 Å². The van der Waals surface area contributed by atoms with Crippen molar-refractivity contribution in [2.75, 3.05) is 19.3 Å². The van der Waals surface area contributed by atoms with Crippen LogP contribution in [0.2, 0.25) is 0 Å². The van der Waals surface area contributed by atoms with E-state index >= 15 is 0 Å². The van der Waals surface area contributed by atoms with Gasteiger partial charge in [-0.05, 0) is 36.4 Å². The second kappa shape index (κ2) is 10.9. The van der Waals surface area contributed by atoms with Crippen molar-refractivity contribution in [3.8, 4) is 5.75 Å². The van der Waals surface area contributed by atoms with Crippen LogP contribution in [0.1, 0.15) is 34.3 Å². The molecule has 0 bridgehead atoms. The van der Waals surface area contributed by atoms with Gasteiger partial charge in [0.15, 0.2) is 11.4 Å². The van der Waals surface area contributed by atoms with Gasteiger partial charge < -0.3 is 35.8 Å². The SMILES string of the molecule is CCN(C)[C@@H]1C(O)=C(C(N)=O)C(=O)[C@@]2(O)C(O)=C3C(=O)c4c(O)cccc4C(C[S+]([O-])Cc4ccccc4)C3C(O)C12. The average molecular weight is 597 g/mol. The van der Waals surface area contributed by atoms with Crippen molar-refractivity contribution in [3.63, 3.8) is 0 Å². The number of primary amides is 1. The number of aliphatic hydroxyl groups excluding tert-OH is 3. The lowest BCUT2D eigenvalue weighted by Gasteiger charge is -2.54. The number of hydrogen-bond acceptors (Lipinski definition) is 10. The van der Waals surface area contributed by atoms with E-state index in [1.165, 1.54) is 24.1 Å².